The number of unbranched alkanes of at least 4 members (excludes halogenated alkanes) is 1. The Morgan fingerprint density at radius 3 is 1.58 bits per heavy atom. The second-order valence-corrected chi connectivity index (χ2v) is 17.0. The lowest BCUT2D eigenvalue weighted by Crippen LogP contribution is -2.35. The third-order valence-corrected chi connectivity index (χ3v) is 13.2. The van der Waals surface area contributed by atoms with Gasteiger partial charge >= 0.3 is 0 Å². The van der Waals surface area contributed by atoms with E-state index < -0.39 is 7.14 Å². The van der Waals surface area contributed by atoms with E-state index in [1.165, 1.54) is 0 Å². The van der Waals surface area contributed by atoms with E-state index in [0.29, 0.717) is 116 Å². The second kappa shape index (κ2) is 15.3. The Morgan fingerprint density at radius 2 is 1.16 bits per heavy atom. The van der Waals surface area contributed by atoms with Gasteiger partial charge < -0.3 is 33.3 Å². The van der Waals surface area contributed by atoms with Crippen molar-refractivity contribution < 1.29 is 33.1 Å². The van der Waals surface area contributed by atoms with Crippen LogP contribution < -0.4 is 18.9 Å². The molecule has 2 fully saturated rings. The molecular weight excluding hydrogens is 655 g/mol. The summed E-state index contributed by atoms with van der Waals surface area (Å²) in [4.78, 5) is 39.4. The molecule has 0 aliphatic carbocycles. The summed E-state index contributed by atoms with van der Waals surface area (Å²) in [5.74, 6) is 1.75. The Labute approximate surface area is 294 Å². The van der Waals surface area contributed by atoms with Crippen LogP contribution in [0.1, 0.15) is 66.2 Å². The van der Waals surface area contributed by atoms with Gasteiger partial charge in [0.1, 0.15) is 0 Å². The van der Waals surface area contributed by atoms with Gasteiger partial charge in [-0.3, -0.25) is 19.6 Å². The quantitative estimate of drug-likeness (QED) is 0.111. The summed E-state index contributed by atoms with van der Waals surface area (Å²) in [6.45, 7) is 11.9. The topological polar surface area (TPSA) is 119 Å². The second-order valence-electron chi connectivity index (χ2n) is 13.5. The van der Waals surface area contributed by atoms with Crippen LogP contribution in [-0.4, -0.2) is 105 Å². The Morgan fingerprint density at radius 1 is 0.720 bits per heavy atom. The van der Waals surface area contributed by atoms with E-state index in [-0.39, 0.29) is 23.9 Å². The molecule has 0 saturated carbocycles. The minimum Gasteiger partial charge on any atom is -0.493 e. The molecule has 2 amide bonds. The Bertz CT molecular complexity index is 1660. The van der Waals surface area contributed by atoms with Crippen molar-refractivity contribution in [3.05, 3.63) is 59.7 Å². The molecule has 0 bridgehead atoms. The predicted octanol–water partition coefficient (Wildman–Crippen LogP) is 7.08. The maximum absolute atomic E-state index is 14.1. The number of benzene rings is 2. The van der Waals surface area contributed by atoms with Crippen molar-refractivity contribution in [1.82, 2.24) is 9.80 Å². The van der Waals surface area contributed by atoms with Crippen molar-refractivity contribution in [2.24, 2.45) is 9.98 Å². The highest BCUT2D eigenvalue weighted by molar-refractivity contribution is 7.63. The first-order valence-electron chi connectivity index (χ1n) is 17.4. The number of hydrogen-bond acceptors (Lipinski definition) is 9. The van der Waals surface area contributed by atoms with Crippen molar-refractivity contribution in [2.45, 2.75) is 57.5 Å². The minimum absolute atomic E-state index is 0.0930. The molecule has 12 heteroatoms. The zero-order valence-corrected chi connectivity index (χ0v) is 30.2. The van der Waals surface area contributed by atoms with Crippen LogP contribution >= 0.6 is 7.14 Å². The first-order chi connectivity index (χ1) is 24.1. The number of aliphatic imine (C=N–C) groups is 2. The van der Waals surface area contributed by atoms with Gasteiger partial charge in [-0.2, -0.15) is 0 Å². The molecule has 2 aromatic rings. The van der Waals surface area contributed by atoms with Crippen LogP contribution in [0.25, 0.3) is 0 Å². The lowest BCUT2D eigenvalue weighted by atomic mass is 10.1. The Hall–Kier alpha value is -4.37. The number of rotatable bonds is 15. The van der Waals surface area contributed by atoms with Crippen LogP contribution in [-0.2, 0) is 4.57 Å². The van der Waals surface area contributed by atoms with Crippen LogP contribution in [0.15, 0.2) is 58.6 Å². The van der Waals surface area contributed by atoms with E-state index in [1.807, 2.05) is 12.4 Å². The van der Waals surface area contributed by atoms with Crippen LogP contribution in [0.3, 0.4) is 0 Å². The number of carbonyl (C=O) groups excluding carboxylic acids is 2. The molecule has 0 aromatic heterocycles. The molecule has 4 heterocycles. The molecule has 11 nitrogen and oxygen atoms in total. The summed E-state index contributed by atoms with van der Waals surface area (Å²) in [5, 5.41) is 0. The summed E-state index contributed by atoms with van der Waals surface area (Å²) in [7, 11) is 0.603. The highest BCUT2D eigenvalue weighted by Gasteiger charge is 2.35. The summed E-state index contributed by atoms with van der Waals surface area (Å²) < 4.78 is 37.6. The van der Waals surface area contributed by atoms with Gasteiger partial charge in [0.25, 0.3) is 11.8 Å². The van der Waals surface area contributed by atoms with Crippen LogP contribution in [0.2, 0.25) is 0 Å². The number of amides is 2. The molecule has 2 saturated heterocycles. The molecular formula is C38H47N4O7P. The van der Waals surface area contributed by atoms with E-state index in [2.05, 4.69) is 30.1 Å². The molecule has 266 valence electrons. The van der Waals surface area contributed by atoms with E-state index in [1.54, 1.807) is 48.3 Å². The molecule has 0 radical (unpaired) electrons. The summed E-state index contributed by atoms with van der Waals surface area (Å²) in [6.07, 6.45) is 9.91. The van der Waals surface area contributed by atoms with E-state index in [4.69, 9.17) is 18.9 Å². The lowest BCUT2D eigenvalue weighted by molar-refractivity contribution is 0.0769. The highest BCUT2D eigenvalue weighted by atomic mass is 31.2. The van der Waals surface area contributed by atoms with Gasteiger partial charge in [-0.15, -0.1) is 0 Å². The van der Waals surface area contributed by atoms with Crippen molar-refractivity contribution in [3.8, 4) is 23.0 Å². The zero-order valence-electron chi connectivity index (χ0n) is 29.3. The highest BCUT2D eigenvalue weighted by Crippen LogP contribution is 2.48. The van der Waals surface area contributed by atoms with Gasteiger partial charge in [0.2, 0.25) is 0 Å². The summed E-state index contributed by atoms with van der Waals surface area (Å²) in [6, 6.07) is 6.72. The fraction of sp³-hybridized carbons (Fsp3) is 0.474. The third-order valence-electron chi connectivity index (χ3n) is 9.76. The summed E-state index contributed by atoms with van der Waals surface area (Å²) >= 11 is 0. The lowest BCUT2D eigenvalue weighted by Gasteiger charge is -2.21. The van der Waals surface area contributed by atoms with Gasteiger partial charge in [-0.25, -0.2) is 0 Å². The largest absolute Gasteiger partial charge is 0.493 e. The van der Waals surface area contributed by atoms with Gasteiger partial charge in [0.15, 0.2) is 23.0 Å². The molecule has 0 spiro atoms. The fourth-order valence-corrected chi connectivity index (χ4v) is 10.0. The monoisotopic (exact) mass is 702 g/mol. The smallest absolute Gasteiger partial charge is 0.257 e. The number of nitrogens with zero attached hydrogens (tertiary/aromatic N) is 4. The van der Waals surface area contributed by atoms with Crippen LogP contribution in [0, 0.1) is 0 Å². The molecule has 6 rings (SSSR count). The maximum Gasteiger partial charge on any atom is 0.257 e. The molecule has 2 atom stereocenters. The van der Waals surface area contributed by atoms with Gasteiger partial charge in [0, 0.05) is 56.1 Å². The average molecular weight is 703 g/mol. The Balaban J connectivity index is 1.05. The fourth-order valence-electron chi connectivity index (χ4n) is 7.06. The molecule has 50 heavy (non-hydrogen) atoms. The van der Waals surface area contributed by atoms with Gasteiger partial charge in [0.05, 0.1) is 69.2 Å². The van der Waals surface area contributed by atoms with Crippen LogP contribution in [0.4, 0.5) is 11.4 Å². The first-order valence-corrected chi connectivity index (χ1v) is 19.7. The zero-order chi connectivity index (χ0) is 35.4. The number of ether oxygens (including phenoxy) is 4. The van der Waals surface area contributed by atoms with Gasteiger partial charge in [-0.1, -0.05) is 37.6 Å². The molecule has 4 aliphatic heterocycles. The van der Waals surface area contributed by atoms with Crippen molar-refractivity contribution in [1.29, 1.82) is 0 Å². The van der Waals surface area contributed by atoms with Crippen molar-refractivity contribution >= 4 is 42.8 Å². The van der Waals surface area contributed by atoms with Crippen molar-refractivity contribution in [2.75, 3.05) is 59.0 Å². The average Bonchev–Trinajstić information content (AvgIpc) is 3.62. The molecule has 0 N–H and O–H groups in total. The van der Waals surface area contributed by atoms with Crippen LogP contribution in [0.5, 0.6) is 23.0 Å². The number of fused-ring (bicyclic) bond motifs is 4. The molecule has 4 aliphatic rings. The molecule has 2 aromatic carbocycles. The number of hydrogen-bond donors (Lipinski definition) is 0. The first kappa shape index (κ1) is 35.5. The minimum atomic E-state index is -2.50. The third kappa shape index (κ3) is 7.53. The maximum atomic E-state index is 14.1. The Kier molecular flexibility index (Phi) is 10.8. The normalized spacial score (nSPS) is 19.5. The standard InChI is InChI=1S/C38H47N4O7P/c1-6-7-12-50(45,13-8-10-48-35-19-31-29(17-33(35)46-4)37(43)41-23-25(2)15-27(41)21-39-31)14-9-11-49-36-20-32-30(18-34(36)47-5)38(44)42-24-26(3)16-28(42)22-40-32/h17-22,27-28H,2-3,6-16,23-24H2,1,4-5H3/t27-,28-/m0/s1. The number of carbonyl (C=O) groups is 2. The van der Waals surface area contributed by atoms with E-state index in [9.17, 15) is 14.2 Å². The number of methoxy groups -OCH3 is 2. The van der Waals surface area contributed by atoms with E-state index in [0.717, 1.165) is 24.0 Å². The van der Waals surface area contributed by atoms with Crippen molar-refractivity contribution in [3.63, 3.8) is 0 Å². The predicted molar refractivity (Wildman–Crippen MR) is 197 cm³/mol. The SMILES string of the molecule is C=C1C[C@H]2C=Nc3cc(OCCCP(=O)(CCCC)CCCOc4cc5c(cc4OC)C(=O)N4CC(=C)C[C@H]4C=N5)c(OC)cc3C(=O)N2C1. The summed E-state index contributed by atoms with van der Waals surface area (Å²) in [5.41, 5.74) is 4.09. The molecule has 0 unspecified atom stereocenters. The van der Waals surface area contributed by atoms with Gasteiger partial charge in [-0.05, 0) is 44.2 Å². The van der Waals surface area contributed by atoms with E-state index >= 15 is 0 Å².